The third kappa shape index (κ3) is 6.59. The number of nitrogens with zero attached hydrogens (tertiary/aromatic N) is 5. The van der Waals surface area contributed by atoms with Crippen LogP contribution in [0.5, 0.6) is 0 Å². The Kier molecular flexibility index (Phi) is 7.78. The third-order valence-electron chi connectivity index (χ3n) is 4.44. The Morgan fingerprint density at radius 2 is 1.90 bits per heavy atom. The molecule has 0 radical (unpaired) electrons. The monoisotopic (exact) mass is 412 g/mol. The molecule has 0 unspecified atom stereocenters. The van der Waals surface area contributed by atoms with Crippen molar-refractivity contribution in [3.63, 3.8) is 0 Å². The molecule has 2 aromatic heterocycles. The number of carbonyl (C=O) groups is 1. The van der Waals surface area contributed by atoms with E-state index in [-0.39, 0.29) is 11.8 Å². The van der Waals surface area contributed by atoms with Crippen molar-refractivity contribution >= 4 is 11.7 Å². The molecule has 0 aliphatic heterocycles. The van der Waals surface area contributed by atoms with Crippen LogP contribution in [0.1, 0.15) is 18.4 Å². The van der Waals surface area contributed by atoms with E-state index in [0.717, 1.165) is 37.9 Å². The van der Waals surface area contributed by atoms with E-state index >= 15 is 0 Å². The van der Waals surface area contributed by atoms with Crippen LogP contribution in [0.2, 0.25) is 0 Å². The first kappa shape index (κ1) is 21.3. The molecule has 3 aromatic rings. The summed E-state index contributed by atoms with van der Waals surface area (Å²) in [5.74, 6) is 0.355. The average Bonchev–Trinajstić information content (AvgIpc) is 3.17. The Morgan fingerprint density at radius 1 is 1.10 bits per heavy atom. The van der Waals surface area contributed by atoms with Gasteiger partial charge in [0.25, 0.3) is 0 Å². The Hall–Kier alpha value is -3.40. The minimum absolute atomic E-state index is 0.213. The molecule has 0 saturated heterocycles. The van der Waals surface area contributed by atoms with Crippen LogP contribution in [0, 0.1) is 5.82 Å². The van der Waals surface area contributed by atoms with Gasteiger partial charge in [0.15, 0.2) is 5.82 Å². The molecule has 3 N–H and O–H groups in total. The highest BCUT2D eigenvalue weighted by molar-refractivity contribution is 5.89. The highest BCUT2D eigenvalue weighted by Crippen LogP contribution is 2.17. The fraction of sp³-hybridized carbons (Fsp3) is 0.350. The molecule has 9 nitrogen and oxygen atoms in total. The van der Waals surface area contributed by atoms with E-state index in [1.54, 1.807) is 37.6 Å². The number of urea groups is 1. The Bertz CT molecular complexity index is 944. The van der Waals surface area contributed by atoms with Gasteiger partial charge < -0.3 is 16.0 Å². The lowest BCUT2D eigenvalue weighted by Crippen LogP contribution is -2.30. The Labute approximate surface area is 174 Å². The topological polar surface area (TPSA) is 110 Å². The van der Waals surface area contributed by atoms with Gasteiger partial charge in [0, 0.05) is 25.4 Å². The van der Waals surface area contributed by atoms with Gasteiger partial charge in [-0.1, -0.05) is 12.1 Å². The van der Waals surface area contributed by atoms with Crippen LogP contribution in [-0.4, -0.2) is 50.9 Å². The number of halogens is 1. The lowest BCUT2D eigenvalue weighted by atomic mass is 10.1. The van der Waals surface area contributed by atoms with Crippen molar-refractivity contribution in [3.8, 4) is 11.4 Å². The van der Waals surface area contributed by atoms with Crippen LogP contribution >= 0.6 is 0 Å². The maximum absolute atomic E-state index is 12.9. The van der Waals surface area contributed by atoms with Crippen LogP contribution < -0.4 is 16.0 Å². The summed E-state index contributed by atoms with van der Waals surface area (Å²) in [7, 11) is 1.74. The molecule has 2 heterocycles. The third-order valence-corrected chi connectivity index (χ3v) is 4.44. The molecule has 30 heavy (non-hydrogen) atoms. The summed E-state index contributed by atoms with van der Waals surface area (Å²) in [6.07, 6.45) is 5.87. The van der Waals surface area contributed by atoms with Gasteiger partial charge in [-0.3, -0.25) is 4.98 Å². The summed E-state index contributed by atoms with van der Waals surface area (Å²) in [4.78, 5) is 16.2. The van der Waals surface area contributed by atoms with E-state index in [4.69, 9.17) is 0 Å². The molecule has 0 spiro atoms. The van der Waals surface area contributed by atoms with Gasteiger partial charge in [0.1, 0.15) is 5.82 Å². The van der Waals surface area contributed by atoms with Crippen molar-refractivity contribution < 1.29 is 9.18 Å². The fourth-order valence-corrected chi connectivity index (χ4v) is 2.87. The van der Waals surface area contributed by atoms with Crippen LogP contribution in [0.25, 0.3) is 11.4 Å². The number of hydrogen-bond acceptors (Lipinski definition) is 6. The molecule has 0 saturated carbocycles. The maximum Gasteiger partial charge on any atom is 0.319 e. The van der Waals surface area contributed by atoms with Gasteiger partial charge >= 0.3 is 6.03 Å². The Balaban J connectivity index is 1.28. The summed E-state index contributed by atoms with van der Waals surface area (Å²) < 4.78 is 14.4. The highest BCUT2D eigenvalue weighted by atomic mass is 19.1. The van der Waals surface area contributed by atoms with Crippen LogP contribution in [0.4, 0.5) is 14.9 Å². The fourth-order valence-electron chi connectivity index (χ4n) is 2.87. The van der Waals surface area contributed by atoms with Crippen molar-refractivity contribution in [1.29, 1.82) is 0 Å². The van der Waals surface area contributed by atoms with Gasteiger partial charge in [-0.2, -0.15) is 0 Å². The number of aromatic nitrogens is 5. The summed E-state index contributed by atoms with van der Waals surface area (Å²) >= 11 is 0. The molecule has 0 aliphatic carbocycles. The summed E-state index contributed by atoms with van der Waals surface area (Å²) in [5.41, 5.74) is 2.39. The zero-order valence-electron chi connectivity index (χ0n) is 16.8. The van der Waals surface area contributed by atoms with E-state index in [1.165, 1.54) is 16.8 Å². The number of aryl methyl sites for hydroxylation is 1. The minimum atomic E-state index is -0.283. The first-order chi connectivity index (χ1) is 14.6. The largest absolute Gasteiger partial charge is 0.338 e. The van der Waals surface area contributed by atoms with Gasteiger partial charge in [0.2, 0.25) is 0 Å². The SMILES string of the molecule is Cn1nnnc1-c1cncc(NC(=O)NCCCCNCCc2ccc(F)cc2)c1. The van der Waals surface area contributed by atoms with E-state index in [0.29, 0.717) is 23.6 Å². The Morgan fingerprint density at radius 3 is 2.67 bits per heavy atom. The van der Waals surface area contributed by atoms with E-state index in [2.05, 4.69) is 36.5 Å². The summed E-state index contributed by atoms with van der Waals surface area (Å²) in [6, 6.07) is 8.04. The van der Waals surface area contributed by atoms with Gasteiger partial charge in [0.05, 0.1) is 11.9 Å². The number of carbonyl (C=O) groups excluding carboxylic acids is 1. The lowest BCUT2D eigenvalue weighted by Gasteiger charge is -2.09. The second-order valence-corrected chi connectivity index (χ2v) is 6.80. The summed E-state index contributed by atoms with van der Waals surface area (Å²) in [5, 5.41) is 20.3. The maximum atomic E-state index is 12.9. The smallest absolute Gasteiger partial charge is 0.319 e. The molecule has 10 heteroatoms. The van der Waals surface area contributed by atoms with Crippen LogP contribution in [-0.2, 0) is 13.5 Å². The van der Waals surface area contributed by atoms with E-state index in [1.807, 2.05) is 0 Å². The number of unbranched alkanes of at least 4 members (excludes halogenated alkanes) is 1. The van der Waals surface area contributed by atoms with Gasteiger partial charge in [-0.15, -0.1) is 5.10 Å². The second kappa shape index (κ2) is 11.0. The predicted molar refractivity (Wildman–Crippen MR) is 111 cm³/mol. The molecule has 158 valence electrons. The van der Waals surface area contributed by atoms with Crippen molar-refractivity contribution in [1.82, 2.24) is 35.8 Å². The molecule has 0 bridgehead atoms. The number of anilines is 1. The molecule has 1 aromatic carbocycles. The van der Waals surface area contributed by atoms with E-state index in [9.17, 15) is 9.18 Å². The second-order valence-electron chi connectivity index (χ2n) is 6.80. The number of benzene rings is 1. The summed E-state index contributed by atoms with van der Waals surface area (Å²) in [6.45, 7) is 2.28. The van der Waals surface area contributed by atoms with Crippen LogP contribution in [0.15, 0.2) is 42.7 Å². The molecule has 3 rings (SSSR count). The van der Waals surface area contributed by atoms with Gasteiger partial charge in [-0.05, 0) is 66.5 Å². The van der Waals surface area contributed by atoms with Crippen molar-refractivity contribution in [2.24, 2.45) is 7.05 Å². The normalized spacial score (nSPS) is 10.7. The predicted octanol–water partition coefficient (Wildman–Crippen LogP) is 2.15. The molecule has 0 fully saturated rings. The quantitative estimate of drug-likeness (QED) is 0.440. The number of rotatable bonds is 10. The lowest BCUT2D eigenvalue weighted by molar-refractivity contribution is 0.252. The standard InChI is InChI=1S/C20H25FN8O/c1-29-19(26-27-28-29)16-12-18(14-23-13-16)25-20(30)24-10-3-2-9-22-11-8-15-4-6-17(21)7-5-15/h4-7,12-14,22H,2-3,8-11H2,1H3,(H2,24,25,30). The molecular weight excluding hydrogens is 387 g/mol. The molecule has 0 atom stereocenters. The van der Waals surface area contributed by atoms with E-state index < -0.39 is 0 Å². The number of tetrazole rings is 1. The molecular formula is C20H25FN8O. The van der Waals surface area contributed by atoms with Gasteiger partial charge in [-0.25, -0.2) is 13.9 Å². The van der Waals surface area contributed by atoms with Crippen molar-refractivity contribution in [2.75, 3.05) is 25.0 Å². The number of pyridine rings is 1. The van der Waals surface area contributed by atoms with Crippen molar-refractivity contribution in [2.45, 2.75) is 19.3 Å². The highest BCUT2D eigenvalue weighted by Gasteiger charge is 2.08. The zero-order valence-corrected chi connectivity index (χ0v) is 16.8. The first-order valence-corrected chi connectivity index (χ1v) is 9.79. The molecule has 0 aliphatic rings. The van der Waals surface area contributed by atoms with Crippen molar-refractivity contribution in [3.05, 3.63) is 54.1 Å². The number of amides is 2. The zero-order chi connectivity index (χ0) is 21.2. The number of nitrogens with one attached hydrogen (secondary N) is 3. The van der Waals surface area contributed by atoms with Crippen LogP contribution in [0.3, 0.4) is 0 Å². The first-order valence-electron chi connectivity index (χ1n) is 9.79. The molecule has 2 amide bonds. The average molecular weight is 412 g/mol. The number of hydrogen-bond donors (Lipinski definition) is 3. The minimum Gasteiger partial charge on any atom is -0.338 e.